The third-order valence-corrected chi connectivity index (χ3v) is 5.91. The smallest absolute Gasteiger partial charge is 0.242 e. The molecular formula is C18H20N2O3S. The minimum absolute atomic E-state index is 0.0775. The zero-order valence-corrected chi connectivity index (χ0v) is 14.4. The Morgan fingerprint density at radius 3 is 2.25 bits per heavy atom. The lowest BCUT2D eigenvalue weighted by Crippen LogP contribution is -2.52. The van der Waals surface area contributed by atoms with Crippen LogP contribution < -0.4 is 4.90 Å². The van der Waals surface area contributed by atoms with Gasteiger partial charge >= 0.3 is 0 Å². The summed E-state index contributed by atoms with van der Waals surface area (Å²) in [6.45, 7) is 2.54. The van der Waals surface area contributed by atoms with Crippen molar-refractivity contribution >= 4 is 21.6 Å². The molecule has 0 unspecified atom stereocenters. The first-order valence-electron chi connectivity index (χ1n) is 7.84. The summed E-state index contributed by atoms with van der Waals surface area (Å²) in [6, 6.07) is 16.7. The summed E-state index contributed by atoms with van der Waals surface area (Å²) in [4.78, 5) is 14.0. The van der Waals surface area contributed by atoms with Crippen LogP contribution in [-0.2, 0) is 20.6 Å². The number of aryl methyl sites for hydroxylation is 1. The van der Waals surface area contributed by atoms with Crippen molar-refractivity contribution in [2.45, 2.75) is 12.7 Å². The normalized spacial score (nSPS) is 16.4. The predicted octanol–water partition coefficient (Wildman–Crippen LogP) is 2.17. The molecule has 1 amide bonds. The van der Waals surface area contributed by atoms with Crippen molar-refractivity contribution < 1.29 is 13.2 Å². The lowest BCUT2D eigenvalue weighted by Gasteiger charge is -2.33. The Bertz CT molecular complexity index is 817. The van der Waals surface area contributed by atoms with E-state index in [1.54, 1.807) is 4.90 Å². The topological polar surface area (TPSA) is 57.7 Å². The van der Waals surface area contributed by atoms with E-state index in [-0.39, 0.29) is 18.2 Å². The summed E-state index contributed by atoms with van der Waals surface area (Å²) in [6.07, 6.45) is 0. The molecule has 0 saturated carbocycles. The van der Waals surface area contributed by atoms with Gasteiger partial charge in [0.05, 0.1) is 12.3 Å². The zero-order chi connectivity index (χ0) is 17.2. The van der Waals surface area contributed by atoms with Gasteiger partial charge in [-0.1, -0.05) is 48.0 Å². The van der Waals surface area contributed by atoms with E-state index in [1.165, 1.54) is 4.31 Å². The number of amides is 1. The number of nitrogens with zero attached hydrogens (tertiary/aromatic N) is 2. The van der Waals surface area contributed by atoms with Gasteiger partial charge in [-0.2, -0.15) is 4.31 Å². The van der Waals surface area contributed by atoms with Crippen molar-refractivity contribution in [3.63, 3.8) is 0 Å². The quantitative estimate of drug-likeness (QED) is 0.854. The van der Waals surface area contributed by atoms with Gasteiger partial charge in [-0.3, -0.25) is 4.79 Å². The summed E-state index contributed by atoms with van der Waals surface area (Å²) in [5.74, 6) is -0.272. The number of hydrogen-bond donors (Lipinski definition) is 0. The molecule has 2 aromatic rings. The van der Waals surface area contributed by atoms with Gasteiger partial charge in [0.2, 0.25) is 15.9 Å². The predicted molar refractivity (Wildman–Crippen MR) is 94.2 cm³/mol. The molecule has 0 atom stereocenters. The van der Waals surface area contributed by atoms with Crippen LogP contribution in [0.1, 0.15) is 11.1 Å². The van der Waals surface area contributed by atoms with Crippen molar-refractivity contribution in [3.8, 4) is 0 Å². The molecule has 1 saturated heterocycles. The number of carbonyl (C=O) groups is 1. The SMILES string of the molecule is Cc1ccc(CS(=O)(=O)N2CCN(c3ccccc3)C(=O)C2)cc1. The van der Waals surface area contributed by atoms with E-state index >= 15 is 0 Å². The van der Waals surface area contributed by atoms with Crippen LogP contribution in [0.5, 0.6) is 0 Å². The molecule has 1 aliphatic heterocycles. The van der Waals surface area contributed by atoms with E-state index in [4.69, 9.17) is 0 Å². The minimum Gasteiger partial charge on any atom is -0.310 e. The number of anilines is 1. The van der Waals surface area contributed by atoms with E-state index in [9.17, 15) is 13.2 Å². The summed E-state index contributed by atoms with van der Waals surface area (Å²) in [7, 11) is -3.50. The number of benzene rings is 2. The third kappa shape index (κ3) is 3.66. The summed E-state index contributed by atoms with van der Waals surface area (Å²) in [5.41, 5.74) is 2.62. The Kier molecular flexibility index (Phi) is 4.69. The van der Waals surface area contributed by atoms with Crippen LogP contribution in [-0.4, -0.2) is 38.3 Å². The van der Waals surface area contributed by atoms with Crippen LogP contribution in [0.3, 0.4) is 0 Å². The highest BCUT2D eigenvalue weighted by Gasteiger charge is 2.32. The number of carbonyl (C=O) groups excluding carboxylic acids is 1. The van der Waals surface area contributed by atoms with Gasteiger partial charge in [-0.15, -0.1) is 0 Å². The number of para-hydroxylation sites is 1. The van der Waals surface area contributed by atoms with E-state index < -0.39 is 10.0 Å². The summed E-state index contributed by atoms with van der Waals surface area (Å²) < 4.78 is 26.5. The summed E-state index contributed by atoms with van der Waals surface area (Å²) in [5, 5.41) is 0. The molecule has 0 aliphatic carbocycles. The monoisotopic (exact) mass is 344 g/mol. The fourth-order valence-electron chi connectivity index (χ4n) is 2.76. The van der Waals surface area contributed by atoms with Crippen molar-refractivity contribution in [2.75, 3.05) is 24.5 Å². The Hall–Kier alpha value is -2.18. The molecule has 6 heteroatoms. The van der Waals surface area contributed by atoms with E-state index in [1.807, 2.05) is 61.5 Å². The van der Waals surface area contributed by atoms with Crippen LogP contribution in [0.15, 0.2) is 54.6 Å². The molecule has 0 N–H and O–H groups in total. The molecule has 0 spiro atoms. The standard InChI is InChI=1S/C18H20N2O3S/c1-15-7-9-16(10-8-15)14-24(22,23)19-11-12-20(18(21)13-19)17-5-3-2-4-6-17/h2-10H,11-14H2,1H3. The molecule has 0 aromatic heterocycles. The molecule has 2 aromatic carbocycles. The third-order valence-electron chi connectivity index (χ3n) is 4.12. The maximum absolute atomic E-state index is 12.6. The highest BCUT2D eigenvalue weighted by molar-refractivity contribution is 7.88. The van der Waals surface area contributed by atoms with Gasteiger partial charge in [-0.05, 0) is 24.6 Å². The molecule has 1 heterocycles. The molecule has 24 heavy (non-hydrogen) atoms. The molecule has 5 nitrogen and oxygen atoms in total. The molecule has 3 rings (SSSR count). The second kappa shape index (κ2) is 6.75. The fraction of sp³-hybridized carbons (Fsp3) is 0.278. The molecule has 1 aliphatic rings. The second-order valence-electron chi connectivity index (χ2n) is 5.96. The van der Waals surface area contributed by atoms with E-state index in [2.05, 4.69) is 0 Å². The first-order valence-corrected chi connectivity index (χ1v) is 9.45. The highest BCUT2D eigenvalue weighted by Crippen LogP contribution is 2.19. The first-order chi connectivity index (χ1) is 11.5. The fourth-order valence-corrected chi connectivity index (χ4v) is 4.22. The first kappa shape index (κ1) is 16.7. The number of hydrogen-bond acceptors (Lipinski definition) is 3. The maximum atomic E-state index is 12.6. The Morgan fingerprint density at radius 2 is 1.62 bits per heavy atom. The van der Waals surface area contributed by atoms with Gasteiger partial charge in [0, 0.05) is 18.8 Å². The second-order valence-corrected chi connectivity index (χ2v) is 7.93. The van der Waals surface area contributed by atoms with Crippen molar-refractivity contribution in [3.05, 3.63) is 65.7 Å². The Balaban J connectivity index is 1.70. The lowest BCUT2D eigenvalue weighted by molar-refractivity contribution is -0.119. The molecule has 0 radical (unpaired) electrons. The molecule has 1 fully saturated rings. The minimum atomic E-state index is -3.50. The average Bonchev–Trinajstić information content (AvgIpc) is 2.57. The maximum Gasteiger partial charge on any atom is 0.242 e. The number of sulfonamides is 1. The highest BCUT2D eigenvalue weighted by atomic mass is 32.2. The van der Waals surface area contributed by atoms with E-state index in [0.29, 0.717) is 13.1 Å². The van der Waals surface area contributed by atoms with Crippen LogP contribution in [0.25, 0.3) is 0 Å². The van der Waals surface area contributed by atoms with Gasteiger partial charge < -0.3 is 4.90 Å². The molecule has 126 valence electrons. The van der Waals surface area contributed by atoms with Gasteiger partial charge in [0.1, 0.15) is 0 Å². The zero-order valence-electron chi connectivity index (χ0n) is 13.6. The van der Waals surface area contributed by atoms with Crippen LogP contribution in [0, 0.1) is 6.92 Å². The van der Waals surface area contributed by atoms with Crippen LogP contribution in [0.4, 0.5) is 5.69 Å². The largest absolute Gasteiger partial charge is 0.310 e. The van der Waals surface area contributed by atoms with Crippen LogP contribution >= 0.6 is 0 Å². The molecule has 0 bridgehead atoms. The lowest BCUT2D eigenvalue weighted by atomic mass is 10.2. The number of piperazine rings is 1. The Labute approximate surface area is 142 Å². The van der Waals surface area contributed by atoms with Gasteiger partial charge in [0.15, 0.2) is 0 Å². The average molecular weight is 344 g/mol. The van der Waals surface area contributed by atoms with Crippen molar-refractivity contribution in [1.29, 1.82) is 0 Å². The van der Waals surface area contributed by atoms with Crippen molar-refractivity contribution in [2.24, 2.45) is 0 Å². The summed E-state index contributed by atoms with van der Waals surface area (Å²) >= 11 is 0. The van der Waals surface area contributed by atoms with Gasteiger partial charge in [0.25, 0.3) is 0 Å². The van der Waals surface area contributed by atoms with Crippen LogP contribution in [0.2, 0.25) is 0 Å². The van der Waals surface area contributed by atoms with Gasteiger partial charge in [-0.25, -0.2) is 8.42 Å². The van der Waals surface area contributed by atoms with Crippen molar-refractivity contribution in [1.82, 2.24) is 4.31 Å². The Morgan fingerprint density at radius 1 is 0.958 bits per heavy atom. The number of rotatable bonds is 4. The van der Waals surface area contributed by atoms with E-state index in [0.717, 1.165) is 16.8 Å². The molecular weight excluding hydrogens is 324 g/mol.